The summed E-state index contributed by atoms with van der Waals surface area (Å²) in [4.78, 5) is 28.7. The fourth-order valence-electron chi connectivity index (χ4n) is 20.2. The van der Waals surface area contributed by atoms with Crippen molar-refractivity contribution in [3.8, 4) is 5.75 Å². The van der Waals surface area contributed by atoms with E-state index in [2.05, 4.69) is 54.5 Å². The molecule has 34 nitrogen and oxygen atoms in total. The molecular formula is C74H112O34. The molecule has 0 radical (unpaired) electrons. The van der Waals surface area contributed by atoms with Crippen molar-refractivity contribution in [2.45, 2.75) is 304 Å². The van der Waals surface area contributed by atoms with Crippen LogP contribution in [0.25, 0.3) is 6.08 Å². The third-order valence-corrected chi connectivity index (χ3v) is 26.8. The van der Waals surface area contributed by atoms with E-state index < -0.39 is 268 Å². The average Bonchev–Trinajstić information content (AvgIpc) is 0.670. The number of phenolic OH excluding ortho intramolecular Hbond substituents is 1. The number of carbonyl (C=O) groups excluding carboxylic acids is 2. The number of aliphatic hydroxyl groups is 18. The Balaban J connectivity index is 0.755. The molecule has 0 unspecified atom stereocenters. The van der Waals surface area contributed by atoms with Gasteiger partial charge in [-0.25, -0.2) is 4.79 Å². The third kappa shape index (κ3) is 15.0. The van der Waals surface area contributed by atoms with E-state index in [4.69, 9.17) is 61.6 Å². The number of hydrogen-bond donors (Lipinski definition) is 19. The fraction of sp³-hybridized carbons (Fsp3) is 0.838. The Kier molecular flexibility index (Phi) is 24.9. The van der Waals surface area contributed by atoms with Crippen LogP contribution in [0.4, 0.5) is 0 Å². The molecule has 10 fully saturated rings. The molecule has 11 aliphatic rings. The van der Waals surface area contributed by atoms with Crippen LogP contribution in [0.15, 0.2) is 42.0 Å². The molecule has 612 valence electrons. The summed E-state index contributed by atoms with van der Waals surface area (Å²) in [5, 5.41) is 210. The standard InChI is InChI=1S/C74H112O34/c1-30-45(82)49(86)53(90)63(98-30)106-59-38(27-77)101-62(56(93)52(59)89)97-29-39-47(84)51(88)55(92)65(102-39)108-68(95)74-22-21-69(2,3)23-34(74)33-14-15-41-71(6)19-18-43(70(4,5)40(71)17-20-72(41,7)73(33,8)24-42(74)80)103-67-61(107-64-54(91)50(87)46(83)36(25-75)99-64)58(35(79)28-96-67)105-66-57(94)60(48(85)37(26-76)100-66)104-44(81)16-11-31-9-12-32(78)13-10-31/h9-14,16,30,34-43,45-67,75-80,82-94H,15,17-29H2,1-8H3/b16-11+/t30-,34-,35-,36+,37+,38+,39+,40-,41+,42+,43-,45-,46+,47+,48+,49+,50-,51-,52+,53+,54+,55+,56+,57+,58-,59+,60-,61+,62+,63-,64-,65-,66-,67-,71-,72+,73+,74+/m0/s1. The van der Waals surface area contributed by atoms with Gasteiger partial charge in [-0.15, -0.1) is 0 Å². The maximum Gasteiger partial charge on any atom is 0.331 e. The van der Waals surface area contributed by atoms with Crippen LogP contribution in [0.2, 0.25) is 0 Å². The van der Waals surface area contributed by atoms with E-state index >= 15 is 4.79 Å². The number of aromatic hydroxyl groups is 1. The number of esters is 2. The van der Waals surface area contributed by atoms with Crippen molar-refractivity contribution in [2.24, 2.45) is 50.2 Å². The minimum absolute atomic E-state index is 0.0206. The fourth-order valence-corrected chi connectivity index (χ4v) is 20.2. The van der Waals surface area contributed by atoms with E-state index in [-0.39, 0.29) is 35.8 Å². The number of allylic oxidation sites excluding steroid dienone is 2. The Labute approximate surface area is 624 Å². The lowest BCUT2D eigenvalue weighted by Gasteiger charge is -2.71. The predicted octanol–water partition coefficient (Wildman–Crippen LogP) is -3.78. The van der Waals surface area contributed by atoms with Gasteiger partial charge in [0.05, 0.1) is 51.3 Å². The number of carbonyl (C=O) groups is 2. The summed E-state index contributed by atoms with van der Waals surface area (Å²) in [6.07, 6.45) is -43.9. The molecule has 6 saturated heterocycles. The van der Waals surface area contributed by atoms with E-state index in [0.29, 0.717) is 50.5 Å². The number of rotatable bonds is 19. The topological polar surface area (TPSA) is 539 Å². The summed E-state index contributed by atoms with van der Waals surface area (Å²) in [5.74, 6) is -2.69. The largest absolute Gasteiger partial charge is 0.508 e. The summed E-state index contributed by atoms with van der Waals surface area (Å²) in [6.45, 7) is 12.7. The van der Waals surface area contributed by atoms with Crippen molar-refractivity contribution in [1.29, 1.82) is 0 Å². The lowest BCUT2D eigenvalue weighted by molar-refractivity contribution is -0.389. The first kappa shape index (κ1) is 83.7. The summed E-state index contributed by atoms with van der Waals surface area (Å²) in [7, 11) is 0. The molecule has 38 atom stereocenters. The molecule has 0 bridgehead atoms. The van der Waals surface area contributed by atoms with Crippen molar-refractivity contribution in [2.75, 3.05) is 33.0 Å². The Morgan fingerprint density at radius 3 is 1.74 bits per heavy atom. The highest BCUT2D eigenvalue weighted by Crippen LogP contribution is 2.76. The molecule has 0 aromatic heterocycles. The molecule has 6 aliphatic heterocycles. The second-order valence-electron chi connectivity index (χ2n) is 33.9. The van der Waals surface area contributed by atoms with Gasteiger partial charge >= 0.3 is 11.9 Å². The Bertz CT molecular complexity index is 3310. The highest BCUT2D eigenvalue weighted by atomic mass is 16.8. The quantitative estimate of drug-likeness (QED) is 0.0274. The van der Waals surface area contributed by atoms with Crippen LogP contribution in [0.1, 0.15) is 119 Å². The van der Waals surface area contributed by atoms with Gasteiger partial charge in [-0.05, 0) is 133 Å². The minimum Gasteiger partial charge on any atom is -0.508 e. The summed E-state index contributed by atoms with van der Waals surface area (Å²) in [6, 6.07) is 5.81. The molecule has 0 spiro atoms. The van der Waals surface area contributed by atoms with Crippen LogP contribution in [0, 0.1) is 50.2 Å². The number of phenols is 1. The summed E-state index contributed by atoms with van der Waals surface area (Å²) in [5.41, 5.74) is -2.88. The second-order valence-corrected chi connectivity index (χ2v) is 33.9. The van der Waals surface area contributed by atoms with Crippen LogP contribution in [-0.2, 0) is 71.2 Å². The van der Waals surface area contributed by atoms with Gasteiger partial charge in [0.15, 0.2) is 37.6 Å². The normalized spacial score (nSPS) is 50.1. The zero-order chi connectivity index (χ0) is 78.6. The molecule has 108 heavy (non-hydrogen) atoms. The van der Waals surface area contributed by atoms with Gasteiger partial charge in [0.2, 0.25) is 6.29 Å². The molecule has 1 aromatic rings. The first-order chi connectivity index (χ1) is 50.8. The number of fused-ring (bicyclic) bond motifs is 7. The molecule has 5 aliphatic carbocycles. The molecule has 4 saturated carbocycles. The van der Waals surface area contributed by atoms with E-state index in [1.165, 1.54) is 37.3 Å². The zero-order valence-electron chi connectivity index (χ0n) is 61.7. The van der Waals surface area contributed by atoms with E-state index in [1.807, 2.05) is 0 Å². The van der Waals surface area contributed by atoms with E-state index in [9.17, 15) is 102 Å². The van der Waals surface area contributed by atoms with Crippen LogP contribution in [0.3, 0.4) is 0 Å². The molecule has 12 rings (SSSR count). The highest BCUT2D eigenvalue weighted by molar-refractivity contribution is 5.87. The first-order valence-corrected chi connectivity index (χ1v) is 37.6. The van der Waals surface area contributed by atoms with Gasteiger partial charge in [-0.2, -0.15) is 0 Å². The van der Waals surface area contributed by atoms with Crippen LogP contribution in [0.5, 0.6) is 5.75 Å². The lowest BCUT2D eigenvalue weighted by atomic mass is 9.33. The number of benzene rings is 1. The van der Waals surface area contributed by atoms with Gasteiger partial charge in [0.1, 0.15) is 139 Å². The van der Waals surface area contributed by atoms with Crippen LogP contribution < -0.4 is 0 Å². The van der Waals surface area contributed by atoms with Crippen molar-refractivity contribution in [3.63, 3.8) is 0 Å². The molecule has 0 amide bonds. The monoisotopic (exact) mass is 1540 g/mol. The third-order valence-electron chi connectivity index (χ3n) is 26.8. The smallest absolute Gasteiger partial charge is 0.331 e. The molecule has 6 heterocycles. The second kappa shape index (κ2) is 32.2. The number of aliphatic hydroxyl groups excluding tert-OH is 18. The average molecular weight is 1550 g/mol. The molecule has 1 aromatic carbocycles. The van der Waals surface area contributed by atoms with Gasteiger partial charge in [0, 0.05) is 6.08 Å². The zero-order valence-corrected chi connectivity index (χ0v) is 61.7. The molecular weight excluding hydrogens is 1430 g/mol. The Morgan fingerprint density at radius 1 is 0.519 bits per heavy atom. The van der Waals surface area contributed by atoms with Gasteiger partial charge in [-0.1, -0.05) is 72.2 Å². The van der Waals surface area contributed by atoms with Gasteiger partial charge < -0.3 is 159 Å². The van der Waals surface area contributed by atoms with Gasteiger partial charge in [0.25, 0.3) is 0 Å². The van der Waals surface area contributed by atoms with Crippen molar-refractivity contribution in [3.05, 3.63) is 47.6 Å². The summed E-state index contributed by atoms with van der Waals surface area (Å²) < 4.78 is 78.3. The van der Waals surface area contributed by atoms with Crippen molar-refractivity contribution in [1.82, 2.24) is 0 Å². The van der Waals surface area contributed by atoms with Crippen LogP contribution >= 0.6 is 0 Å². The molecule has 34 heteroatoms. The van der Waals surface area contributed by atoms with E-state index in [0.717, 1.165) is 11.6 Å². The van der Waals surface area contributed by atoms with Gasteiger partial charge in [-0.3, -0.25) is 4.79 Å². The van der Waals surface area contributed by atoms with Crippen LogP contribution in [-0.4, -0.2) is 332 Å². The Morgan fingerprint density at radius 2 is 1.08 bits per heavy atom. The van der Waals surface area contributed by atoms with Crippen molar-refractivity contribution < 1.29 is 168 Å². The summed E-state index contributed by atoms with van der Waals surface area (Å²) >= 11 is 0. The lowest BCUT2D eigenvalue weighted by Crippen LogP contribution is -2.68. The SMILES string of the molecule is C[C@@H]1O[C@@H](O[C@H]2[C@H](O)[C@@H](O)[C@H](OC[C@H]3O[C@@H](OC(=O)[C@]45CCC(C)(C)C[C@H]4C4=CC[C@@H]6[C@@]7(C)CC[C@H](O[C@@H]8OC[C@H](O)[C@H](O[C@@H]9O[C@H](CO)[C@@H](O)[C@H](OC(=O)/C=C/c%10ccc(O)cc%10)[C@H]9O)[C@H]8O[C@@H]8O[C@H](CO)[C@@H](O)[C@H](O)[C@H]8O)C(C)(C)[C@@H]7CC[C@@]6(C)[C@]4(C)C[C@H]5O)[C@H](O)[C@@H](O)[C@@H]3O)O[C@@H]2CO)[C@H](O)[C@H](O)[C@H]1O. The first-order valence-electron chi connectivity index (χ1n) is 37.6. The van der Waals surface area contributed by atoms with E-state index in [1.54, 1.807) is 0 Å². The number of ether oxygens (including phenoxy) is 13. The molecule has 19 N–H and O–H groups in total. The Hall–Kier alpha value is -3.72. The maximum absolute atomic E-state index is 15.5. The highest BCUT2D eigenvalue weighted by Gasteiger charge is 2.73. The van der Waals surface area contributed by atoms with Crippen molar-refractivity contribution >= 4 is 18.0 Å². The maximum atomic E-state index is 15.5. The number of hydrogen-bond acceptors (Lipinski definition) is 34. The predicted molar refractivity (Wildman–Crippen MR) is 363 cm³/mol. The minimum atomic E-state index is -2.02.